The maximum absolute atomic E-state index is 14.2. The van der Waals surface area contributed by atoms with Crippen molar-refractivity contribution in [2.24, 2.45) is 5.92 Å². The van der Waals surface area contributed by atoms with Gasteiger partial charge in [-0.05, 0) is 18.4 Å². The number of benzene rings is 1. The summed E-state index contributed by atoms with van der Waals surface area (Å²) in [6.07, 6.45) is 7.27. The molecule has 128 valence electrons. The first kappa shape index (κ1) is 18.4. The average Bonchev–Trinajstić information content (AvgIpc) is 2.57. The van der Waals surface area contributed by atoms with Crippen LogP contribution in [-0.2, 0) is 15.7 Å². The molecule has 1 aromatic carbocycles. The highest BCUT2D eigenvalue weighted by atomic mass is 19.2. The summed E-state index contributed by atoms with van der Waals surface area (Å²) in [5.74, 6) is -1.24. The van der Waals surface area contributed by atoms with E-state index in [0.717, 1.165) is 12.8 Å². The Morgan fingerprint density at radius 3 is 2.39 bits per heavy atom. The van der Waals surface area contributed by atoms with E-state index in [1.807, 2.05) is 6.92 Å². The van der Waals surface area contributed by atoms with Gasteiger partial charge in [0, 0.05) is 24.6 Å². The van der Waals surface area contributed by atoms with Crippen molar-refractivity contribution < 1.29 is 18.1 Å². The minimum Gasteiger partial charge on any atom is -0.407 e. The minimum absolute atomic E-state index is 0.173. The first-order chi connectivity index (χ1) is 11.2. The summed E-state index contributed by atoms with van der Waals surface area (Å²) in [5.41, 5.74) is 0.588. The van der Waals surface area contributed by atoms with Gasteiger partial charge in [0.05, 0.1) is 0 Å². The van der Waals surface area contributed by atoms with E-state index in [1.165, 1.54) is 25.7 Å². The number of rotatable bonds is 8. The molecule has 0 spiro atoms. The molecule has 1 saturated heterocycles. The molecule has 1 aliphatic heterocycles. The molecule has 0 unspecified atom stereocenters. The second-order valence-electron chi connectivity index (χ2n) is 6.41. The highest BCUT2D eigenvalue weighted by Crippen LogP contribution is 2.19. The molecule has 1 heterocycles. The van der Waals surface area contributed by atoms with E-state index in [2.05, 4.69) is 6.92 Å². The summed E-state index contributed by atoms with van der Waals surface area (Å²) in [4.78, 5) is 0. The van der Waals surface area contributed by atoms with Gasteiger partial charge in [0.1, 0.15) is 0 Å². The molecule has 0 saturated carbocycles. The molecular weight excluding hydrogens is 297 g/mol. The van der Waals surface area contributed by atoms with Crippen LogP contribution in [0.2, 0.25) is 0 Å². The van der Waals surface area contributed by atoms with Gasteiger partial charge in [-0.3, -0.25) is 0 Å². The van der Waals surface area contributed by atoms with Crippen LogP contribution < -0.4 is 5.46 Å². The van der Waals surface area contributed by atoms with E-state index in [0.29, 0.717) is 31.1 Å². The van der Waals surface area contributed by atoms with Crippen molar-refractivity contribution >= 4 is 12.6 Å². The van der Waals surface area contributed by atoms with Gasteiger partial charge in [-0.1, -0.05) is 58.1 Å². The third-order valence-corrected chi connectivity index (χ3v) is 4.40. The molecule has 0 aliphatic carbocycles. The Kier molecular flexibility index (Phi) is 7.51. The van der Waals surface area contributed by atoms with E-state index in [1.54, 1.807) is 12.1 Å². The quantitative estimate of drug-likeness (QED) is 0.526. The van der Waals surface area contributed by atoms with Gasteiger partial charge >= 0.3 is 7.12 Å². The smallest absolute Gasteiger partial charge is 0.407 e. The van der Waals surface area contributed by atoms with E-state index >= 15 is 0 Å². The van der Waals surface area contributed by atoms with Crippen molar-refractivity contribution in [3.05, 3.63) is 29.3 Å². The molecule has 0 amide bonds. The molecular formula is C18H27BF2O2. The molecule has 0 aromatic heterocycles. The van der Waals surface area contributed by atoms with Crippen LogP contribution in [0.1, 0.15) is 57.9 Å². The highest BCUT2D eigenvalue weighted by Gasteiger charge is 2.32. The zero-order valence-corrected chi connectivity index (χ0v) is 14.2. The van der Waals surface area contributed by atoms with Gasteiger partial charge in [0.15, 0.2) is 11.6 Å². The van der Waals surface area contributed by atoms with E-state index < -0.39 is 18.8 Å². The predicted molar refractivity (Wildman–Crippen MR) is 89.9 cm³/mol. The average molecular weight is 324 g/mol. The van der Waals surface area contributed by atoms with Crippen molar-refractivity contribution in [1.82, 2.24) is 0 Å². The van der Waals surface area contributed by atoms with E-state index in [9.17, 15) is 8.78 Å². The molecule has 5 heteroatoms. The highest BCUT2D eigenvalue weighted by molar-refractivity contribution is 6.61. The minimum atomic E-state index is -0.831. The lowest BCUT2D eigenvalue weighted by atomic mass is 9.76. The van der Waals surface area contributed by atoms with Crippen LogP contribution in [0, 0.1) is 17.6 Å². The van der Waals surface area contributed by atoms with Gasteiger partial charge in [-0.15, -0.1) is 0 Å². The van der Waals surface area contributed by atoms with Crippen molar-refractivity contribution in [3.63, 3.8) is 0 Å². The zero-order valence-electron chi connectivity index (χ0n) is 14.2. The first-order valence-corrected chi connectivity index (χ1v) is 8.87. The maximum atomic E-state index is 14.2. The van der Waals surface area contributed by atoms with Crippen LogP contribution in [0.5, 0.6) is 0 Å². The van der Waals surface area contributed by atoms with Crippen LogP contribution in [0.15, 0.2) is 12.1 Å². The Balaban J connectivity index is 1.89. The first-order valence-electron chi connectivity index (χ1n) is 8.87. The number of hydrogen-bond donors (Lipinski definition) is 0. The normalized spacial score (nSPS) is 16.1. The Morgan fingerprint density at radius 2 is 1.74 bits per heavy atom. The number of hydrogen-bond acceptors (Lipinski definition) is 2. The lowest BCUT2D eigenvalue weighted by molar-refractivity contribution is 0.0806. The fraction of sp³-hybridized carbons (Fsp3) is 0.667. The van der Waals surface area contributed by atoms with Gasteiger partial charge in [-0.25, -0.2) is 8.78 Å². The fourth-order valence-electron chi connectivity index (χ4n) is 3.00. The molecule has 1 aliphatic rings. The molecule has 2 rings (SSSR count). The molecule has 2 nitrogen and oxygen atoms in total. The lowest BCUT2D eigenvalue weighted by Gasteiger charge is -2.27. The van der Waals surface area contributed by atoms with Gasteiger partial charge in [0.25, 0.3) is 0 Å². The third kappa shape index (κ3) is 5.02. The summed E-state index contributed by atoms with van der Waals surface area (Å²) in [6.45, 7) is 5.24. The number of halogens is 2. The molecule has 0 radical (unpaired) electrons. The Hall–Kier alpha value is -0.935. The maximum Gasteiger partial charge on any atom is 0.497 e. The third-order valence-electron chi connectivity index (χ3n) is 4.40. The lowest BCUT2D eigenvalue weighted by Crippen LogP contribution is -2.46. The molecule has 1 aromatic rings. The second kappa shape index (κ2) is 9.38. The van der Waals surface area contributed by atoms with Crippen LogP contribution >= 0.6 is 0 Å². The van der Waals surface area contributed by atoms with Crippen LogP contribution in [0.25, 0.3) is 0 Å². The van der Waals surface area contributed by atoms with Crippen molar-refractivity contribution in [1.29, 1.82) is 0 Å². The molecule has 0 atom stereocenters. The summed E-state index contributed by atoms with van der Waals surface area (Å²) in [6, 6.07) is 3.23. The van der Waals surface area contributed by atoms with Crippen molar-refractivity contribution in [3.8, 4) is 0 Å². The summed E-state index contributed by atoms with van der Waals surface area (Å²) < 4.78 is 39.5. The molecule has 23 heavy (non-hydrogen) atoms. The van der Waals surface area contributed by atoms with Crippen LogP contribution in [0.3, 0.4) is 0 Å². The molecule has 0 N–H and O–H groups in total. The van der Waals surface area contributed by atoms with E-state index in [-0.39, 0.29) is 5.46 Å². The second-order valence-corrected chi connectivity index (χ2v) is 6.41. The fourth-order valence-corrected chi connectivity index (χ4v) is 3.00. The van der Waals surface area contributed by atoms with Crippen LogP contribution in [0.4, 0.5) is 8.78 Å². The Labute approximate surface area is 138 Å². The number of unbranched alkanes of at least 4 members (excludes halogenated alkanes) is 3. The number of aryl methyl sites for hydroxylation is 1. The summed E-state index contributed by atoms with van der Waals surface area (Å²) in [5, 5.41) is 0. The SMILES string of the molecule is CCCCCCC1COB(c2ccc(CCC)c(F)c2F)OC1. The van der Waals surface area contributed by atoms with Crippen LogP contribution in [-0.4, -0.2) is 20.3 Å². The summed E-state index contributed by atoms with van der Waals surface area (Å²) >= 11 is 0. The predicted octanol–water partition coefficient (Wildman–Crippen LogP) is 4.25. The standard InChI is InChI=1S/C18H27BF2O2/c1-3-5-6-7-9-14-12-22-19(23-13-14)16-11-10-15(8-4-2)17(20)18(16)21/h10-11,14H,3-9,12-13H2,1-2H3. The Bertz CT molecular complexity index is 488. The zero-order chi connectivity index (χ0) is 16.7. The monoisotopic (exact) mass is 324 g/mol. The van der Waals surface area contributed by atoms with Gasteiger partial charge < -0.3 is 9.31 Å². The van der Waals surface area contributed by atoms with Gasteiger partial charge in [0.2, 0.25) is 0 Å². The molecule has 0 bridgehead atoms. The summed E-state index contributed by atoms with van der Waals surface area (Å²) in [7, 11) is -0.785. The topological polar surface area (TPSA) is 18.5 Å². The van der Waals surface area contributed by atoms with Gasteiger partial charge in [-0.2, -0.15) is 0 Å². The van der Waals surface area contributed by atoms with Crippen molar-refractivity contribution in [2.45, 2.75) is 58.8 Å². The Morgan fingerprint density at radius 1 is 1.00 bits per heavy atom. The van der Waals surface area contributed by atoms with E-state index in [4.69, 9.17) is 9.31 Å². The largest absolute Gasteiger partial charge is 0.497 e. The molecule has 1 fully saturated rings. The van der Waals surface area contributed by atoms with Crippen molar-refractivity contribution in [2.75, 3.05) is 13.2 Å².